The lowest BCUT2D eigenvalue weighted by atomic mass is 10.1. The number of hydrogen-bond donors (Lipinski definition) is 2. The molecule has 0 spiro atoms. The van der Waals surface area contributed by atoms with Crippen LogP contribution >= 0.6 is 11.3 Å². The van der Waals surface area contributed by atoms with Gasteiger partial charge in [-0.2, -0.15) is 0 Å². The van der Waals surface area contributed by atoms with Crippen molar-refractivity contribution in [3.8, 4) is 11.3 Å². The summed E-state index contributed by atoms with van der Waals surface area (Å²) in [6, 6.07) is 21.7. The highest BCUT2D eigenvalue weighted by molar-refractivity contribution is 7.14. The van der Waals surface area contributed by atoms with Gasteiger partial charge in [-0.05, 0) is 34.5 Å². The van der Waals surface area contributed by atoms with Crippen LogP contribution in [0, 0.1) is 0 Å². The Bertz CT molecular complexity index is 1300. The summed E-state index contributed by atoms with van der Waals surface area (Å²) in [5, 5.41) is 16.4. The van der Waals surface area contributed by atoms with Crippen LogP contribution in [-0.4, -0.2) is 35.1 Å². The summed E-state index contributed by atoms with van der Waals surface area (Å²) >= 11 is 1.58. The van der Waals surface area contributed by atoms with E-state index in [9.17, 15) is 9.59 Å². The number of carboxylic acid groups (broad SMARTS) is 1. The predicted octanol–water partition coefficient (Wildman–Crippen LogP) is 4.97. The number of aromatic nitrogens is 1. The third-order valence-electron chi connectivity index (χ3n) is 5.15. The highest BCUT2D eigenvalue weighted by Crippen LogP contribution is 2.30. The number of anilines is 1. The topological polar surface area (TPSA) is 82.5 Å². The molecule has 7 heteroatoms. The maximum absolute atomic E-state index is 12.0. The normalized spacial score (nSPS) is 10.7. The fraction of sp³-hybridized carbons (Fsp3) is 0.115. The fourth-order valence-corrected chi connectivity index (χ4v) is 4.34. The summed E-state index contributed by atoms with van der Waals surface area (Å²) in [6.45, 7) is 4.70. The first-order valence-corrected chi connectivity index (χ1v) is 11.3. The Morgan fingerprint density at radius 2 is 1.82 bits per heavy atom. The van der Waals surface area contributed by atoms with Gasteiger partial charge in [-0.3, -0.25) is 9.59 Å². The number of thiazole rings is 1. The molecule has 0 radical (unpaired) electrons. The molecule has 1 aromatic heterocycles. The summed E-state index contributed by atoms with van der Waals surface area (Å²) in [5.74, 6) is -1.49. The number of carbonyl (C=O) groups is 2. The van der Waals surface area contributed by atoms with Crippen LogP contribution in [0.4, 0.5) is 5.13 Å². The van der Waals surface area contributed by atoms with Crippen LogP contribution in [0.25, 0.3) is 22.0 Å². The Hall–Kier alpha value is -3.97. The lowest BCUT2D eigenvalue weighted by Crippen LogP contribution is -2.29. The molecular weight excluding hydrogens is 434 g/mol. The molecule has 1 amide bonds. The van der Waals surface area contributed by atoms with Crippen molar-refractivity contribution in [1.82, 2.24) is 10.3 Å². The Labute approximate surface area is 195 Å². The Kier molecular flexibility index (Phi) is 6.80. The molecule has 4 rings (SSSR count). The zero-order valence-corrected chi connectivity index (χ0v) is 18.7. The first kappa shape index (κ1) is 22.2. The minimum absolute atomic E-state index is 0.405. The number of amides is 1. The average Bonchev–Trinajstić information content (AvgIpc) is 3.33. The van der Waals surface area contributed by atoms with E-state index in [2.05, 4.69) is 52.5 Å². The van der Waals surface area contributed by atoms with Crippen LogP contribution < -0.4 is 10.2 Å². The molecule has 0 atom stereocenters. The minimum atomic E-state index is -1.08. The minimum Gasteiger partial charge on any atom is -0.480 e. The van der Waals surface area contributed by atoms with Crippen LogP contribution in [0.5, 0.6) is 0 Å². The molecule has 0 saturated heterocycles. The monoisotopic (exact) mass is 457 g/mol. The van der Waals surface area contributed by atoms with E-state index < -0.39 is 18.4 Å². The quantitative estimate of drug-likeness (QED) is 0.347. The van der Waals surface area contributed by atoms with Gasteiger partial charge in [0.05, 0.1) is 5.69 Å². The summed E-state index contributed by atoms with van der Waals surface area (Å²) < 4.78 is 0. The third-order valence-corrected chi connectivity index (χ3v) is 6.05. The van der Waals surface area contributed by atoms with Crippen molar-refractivity contribution in [3.63, 3.8) is 0 Å². The highest BCUT2D eigenvalue weighted by Gasteiger charge is 2.13. The van der Waals surface area contributed by atoms with Crippen molar-refractivity contribution in [1.29, 1.82) is 0 Å². The van der Waals surface area contributed by atoms with Crippen LogP contribution in [0.15, 0.2) is 84.8 Å². The molecule has 3 aromatic carbocycles. The lowest BCUT2D eigenvalue weighted by Gasteiger charge is -2.20. The van der Waals surface area contributed by atoms with Gasteiger partial charge in [0.1, 0.15) is 6.54 Å². The molecule has 2 N–H and O–H groups in total. The summed E-state index contributed by atoms with van der Waals surface area (Å²) in [6.07, 6.45) is 1.84. The van der Waals surface area contributed by atoms with E-state index in [-0.39, 0.29) is 0 Å². The molecule has 0 fully saturated rings. The van der Waals surface area contributed by atoms with Gasteiger partial charge < -0.3 is 15.3 Å². The van der Waals surface area contributed by atoms with Gasteiger partial charge in [-0.15, -0.1) is 17.9 Å². The molecule has 6 nitrogen and oxygen atoms in total. The Morgan fingerprint density at radius 1 is 1.06 bits per heavy atom. The molecule has 0 unspecified atom stereocenters. The number of benzene rings is 3. The first-order chi connectivity index (χ1) is 16.0. The Balaban J connectivity index is 1.49. The second kappa shape index (κ2) is 10.1. The van der Waals surface area contributed by atoms with Gasteiger partial charge in [-0.1, -0.05) is 54.6 Å². The van der Waals surface area contributed by atoms with E-state index >= 15 is 0 Å². The highest BCUT2D eigenvalue weighted by atomic mass is 32.1. The predicted molar refractivity (Wildman–Crippen MR) is 133 cm³/mol. The summed E-state index contributed by atoms with van der Waals surface area (Å²) in [5.41, 5.74) is 3.43. The SMILES string of the molecule is C=CCN(Cc1ccc(C(=O)NCC(=O)O)cc1)c1nc(-c2ccc3ccccc3c2)cs1. The van der Waals surface area contributed by atoms with Gasteiger partial charge in [0, 0.05) is 29.6 Å². The Morgan fingerprint density at radius 3 is 2.55 bits per heavy atom. The molecule has 4 aromatic rings. The first-order valence-electron chi connectivity index (χ1n) is 10.4. The fourth-order valence-electron chi connectivity index (χ4n) is 3.50. The number of aliphatic carboxylic acids is 1. The molecule has 166 valence electrons. The maximum Gasteiger partial charge on any atom is 0.322 e. The van der Waals surface area contributed by atoms with Crippen molar-refractivity contribution in [2.24, 2.45) is 0 Å². The number of nitrogens with one attached hydrogen (secondary N) is 1. The standard InChI is InChI=1S/C26H23N3O3S/c1-2-13-29(16-18-7-9-20(10-8-18)25(32)27-15-24(30)31)26-28-23(17-33-26)22-12-11-19-5-3-4-6-21(19)14-22/h2-12,14,17H,1,13,15-16H2,(H,27,32)(H,30,31). The molecule has 0 aliphatic carbocycles. The van der Waals surface area contributed by atoms with E-state index in [0.29, 0.717) is 18.7 Å². The lowest BCUT2D eigenvalue weighted by molar-refractivity contribution is -0.135. The molecule has 0 saturated carbocycles. The maximum atomic E-state index is 12.0. The van der Waals surface area contributed by atoms with E-state index in [0.717, 1.165) is 22.0 Å². The van der Waals surface area contributed by atoms with Gasteiger partial charge in [0.15, 0.2) is 5.13 Å². The number of fused-ring (bicyclic) bond motifs is 1. The van der Waals surface area contributed by atoms with E-state index in [4.69, 9.17) is 10.1 Å². The van der Waals surface area contributed by atoms with Crippen LogP contribution in [0.3, 0.4) is 0 Å². The summed E-state index contributed by atoms with van der Waals surface area (Å²) in [7, 11) is 0. The molecule has 33 heavy (non-hydrogen) atoms. The largest absolute Gasteiger partial charge is 0.480 e. The van der Waals surface area contributed by atoms with Crippen molar-refractivity contribution in [2.75, 3.05) is 18.0 Å². The smallest absolute Gasteiger partial charge is 0.322 e. The van der Waals surface area contributed by atoms with Gasteiger partial charge in [0.2, 0.25) is 0 Å². The average molecular weight is 458 g/mol. The summed E-state index contributed by atoms with van der Waals surface area (Å²) in [4.78, 5) is 29.6. The number of carbonyl (C=O) groups excluding carboxylic acids is 1. The van der Waals surface area contributed by atoms with Crippen LogP contribution in [-0.2, 0) is 11.3 Å². The molecule has 0 aliphatic heterocycles. The van der Waals surface area contributed by atoms with Gasteiger partial charge >= 0.3 is 5.97 Å². The van der Waals surface area contributed by atoms with Crippen LogP contribution in [0.2, 0.25) is 0 Å². The number of nitrogens with zero attached hydrogens (tertiary/aromatic N) is 2. The van der Waals surface area contributed by atoms with Crippen molar-refractivity contribution in [3.05, 3.63) is 95.9 Å². The van der Waals surface area contributed by atoms with Gasteiger partial charge in [0.25, 0.3) is 5.91 Å². The number of carboxylic acids is 1. The molecule has 0 bridgehead atoms. The second-order valence-electron chi connectivity index (χ2n) is 7.52. The molecule has 1 heterocycles. The van der Waals surface area contributed by atoms with Crippen molar-refractivity contribution >= 4 is 39.1 Å². The number of rotatable bonds is 9. The molecule has 0 aliphatic rings. The third kappa shape index (κ3) is 5.45. The molecular formula is C26H23N3O3S. The van der Waals surface area contributed by atoms with Crippen molar-refractivity contribution in [2.45, 2.75) is 6.54 Å². The zero-order chi connectivity index (χ0) is 23.2. The van der Waals surface area contributed by atoms with E-state index in [1.807, 2.05) is 30.3 Å². The second-order valence-corrected chi connectivity index (χ2v) is 8.36. The van der Waals surface area contributed by atoms with E-state index in [1.54, 1.807) is 23.5 Å². The van der Waals surface area contributed by atoms with E-state index in [1.165, 1.54) is 10.8 Å². The van der Waals surface area contributed by atoms with Crippen LogP contribution in [0.1, 0.15) is 15.9 Å². The van der Waals surface area contributed by atoms with Gasteiger partial charge in [-0.25, -0.2) is 4.98 Å². The zero-order valence-electron chi connectivity index (χ0n) is 17.9. The van der Waals surface area contributed by atoms with Crippen molar-refractivity contribution < 1.29 is 14.7 Å². The number of hydrogen-bond acceptors (Lipinski definition) is 5.